The Hall–Kier alpha value is -10.1. The van der Waals surface area contributed by atoms with Gasteiger partial charge in [0.1, 0.15) is 17.2 Å². The summed E-state index contributed by atoms with van der Waals surface area (Å²) in [5.41, 5.74) is 10.3. The molecular weight excluding hydrogens is 945 g/mol. The predicted octanol–water partition coefficient (Wildman–Crippen LogP) is 15.7. The van der Waals surface area contributed by atoms with Gasteiger partial charge in [0.15, 0.2) is 46.2 Å². The van der Waals surface area contributed by atoms with Crippen molar-refractivity contribution >= 4 is 17.4 Å². The van der Waals surface area contributed by atoms with Crippen LogP contribution in [-0.4, -0.2) is 29.9 Å². The summed E-state index contributed by atoms with van der Waals surface area (Å²) in [4.78, 5) is 36.6. The molecule has 2 aliphatic heterocycles. The van der Waals surface area contributed by atoms with Crippen LogP contribution >= 0.6 is 11.8 Å². The molecule has 75 heavy (non-hydrogen) atoms. The fourth-order valence-corrected chi connectivity index (χ4v) is 10.6. The van der Waals surface area contributed by atoms with Crippen molar-refractivity contribution in [3.8, 4) is 114 Å². The highest BCUT2D eigenvalue weighted by atomic mass is 32.2. The van der Waals surface area contributed by atoms with Gasteiger partial charge in [-0.05, 0) is 102 Å². The van der Waals surface area contributed by atoms with E-state index in [-0.39, 0.29) is 0 Å². The first kappa shape index (κ1) is 44.8. The molecule has 4 heterocycles. The number of hydrogen-bond acceptors (Lipinski definition) is 10. The molecule has 1 atom stereocenters. The van der Waals surface area contributed by atoms with Crippen LogP contribution in [0.4, 0.5) is 5.69 Å². The molecule has 2 aliphatic rings. The molecule has 0 aliphatic carbocycles. The summed E-state index contributed by atoms with van der Waals surface area (Å²) in [7, 11) is 0. The van der Waals surface area contributed by atoms with Crippen molar-refractivity contribution in [3.05, 3.63) is 240 Å². The minimum atomic E-state index is -0.782. The van der Waals surface area contributed by atoms with E-state index in [1.54, 1.807) is 36.0 Å². The van der Waals surface area contributed by atoms with Gasteiger partial charge < -0.3 is 9.47 Å². The quantitative estimate of drug-likeness (QED) is 0.136. The predicted molar refractivity (Wildman–Crippen MR) is 292 cm³/mol. The van der Waals surface area contributed by atoms with Crippen LogP contribution < -0.4 is 9.47 Å². The van der Waals surface area contributed by atoms with Crippen molar-refractivity contribution in [1.29, 1.82) is 5.26 Å². The molecule has 0 amide bonds. The number of fused-ring (bicyclic) bond motifs is 5. The molecule has 10 nitrogen and oxygen atoms in total. The van der Waals surface area contributed by atoms with Crippen LogP contribution in [0.3, 0.4) is 0 Å². The van der Waals surface area contributed by atoms with Gasteiger partial charge in [0.2, 0.25) is 0 Å². The highest BCUT2D eigenvalue weighted by molar-refractivity contribution is 7.99. The number of ether oxygens (including phenoxy) is 2. The summed E-state index contributed by atoms with van der Waals surface area (Å²) in [6.45, 7) is 9.95. The van der Waals surface area contributed by atoms with E-state index in [9.17, 15) is 5.26 Å². The van der Waals surface area contributed by atoms with E-state index in [1.807, 2.05) is 121 Å². The first-order chi connectivity index (χ1) is 36.9. The van der Waals surface area contributed by atoms with Crippen molar-refractivity contribution in [2.45, 2.75) is 22.3 Å². The van der Waals surface area contributed by atoms with Crippen LogP contribution in [0.1, 0.15) is 23.6 Å². The molecule has 13 rings (SSSR count). The zero-order valence-corrected chi connectivity index (χ0v) is 40.8. The second-order valence-corrected chi connectivity index (χ2v) is 19.2. The molecule has 0 saturated carbocycles. The molecule has 11 heteroatoms. The van der Waals surface area contributed by atoms with Crippen LogP contribution in [-0.2, 0) is 5.60 Å². The van der Waals surface area contributed by atoms with Crippen molar-refractivity contribution in [2.24, 2.45) is 0 Å². The average Bonchev–Trinajstić information content (AvgIpc) is 3.48. The van der Waals surface area contributed by atoms with E-state index in [4.69, 9.17) is 45.9 Å². The Kier molecular flexibility index (Phi) is 11.1. The van der Waals surface area contributed by atoms with Crippen LogP contribution in [0, 0.1) is 17.9 Å². The smallest absolute Gasteiger partial charge is 0.187 e. The molecule has 352 valence electrons. The molecule has 11 aromatic rings. The maximum atomic E-state index is 9.70. The topological polar surface area (TPSA) is 124 Å². The third kappa shape index (κ3) is 8.29. The standard InChI is InChI=1S/C64H38N8O2S/c1-64(46-17-7-4-8-18-46)52-21-10-9-20-49(52)50-32-28-42(36-54(50)74-64)48-31-29-44(35-51(48)63-71-59(41-26-24-39(38-65)25-27-41)69-60(72-63)43-16-13-19-47(34-43)66-2)61-67-58(40-14-5-3-6-15-40)68-62(70-61)45-30-33-57-55(37-45)73-53-22-11-12-23-56(53)75-57/h3-37H,1H3. The zero-order valence-electron chi connectivity index (χ0n) is 40.0. The minimum absolute atomic E-state index is 0.365. The molecule has 0 spiro atoms. The number of nitriles is 1. The fraction of sp³-hybridized carbons (Fsp3) is 0.0312. The molecule has 0 bridgehead atoms. The minimum Gasteiger partial charge on any atom is -0.477 e. The Bertz CT molecular complexity index is 4160. The number of nitrogens with zero attached hydrogens (tertiary/aromatic N) is 8. The average molecular weight is 983 g/mol. The molecular formula is C64H38N8O2S. The van der Waals surface area contributed by atoms with Crippen LogP contribution in [0.15, 0.2) is 222 Å². The van der Waals surface area contributed by atoms with Crippen molar-refractivity contribution in [1.82, 2.24) is 29.9 Å². The maximum absolute atomic E-state index is 9.70. The highest BCUT2D eigenvalue weighted by Crippen LogP contribution is 2.51. The zero-order chi connectivity index (χ0) is 50.5. The molecule has 0 fully saturated rings. The van der Waals surface area contributed by atoms with E-state index in [1.165, 1.54) is 0 Å². The SMILES string of the molecule is [C-]#[N+]c1cccc(-c2nc(-c3ccc(C#N)cc3)nc(-c3cc(-c4nc(-c5ccccc5)nc(-c5ccc6c(c5)Oc5ccccc5S6)n4)ccc3-c3ccc4c(c3)OC(C)(c3ccccc3)c3ccccc3-4)n2)c1. The number of para-hydroxylation sites is 1. The summed E-state index contributed by atoms with van der Waals surface area (Å²) in [6, 6.07) is 71.6. The number of hydrogen-bond donors (Lipinski definition) is 0. The van der Waals surface area contributed by atoms with Gasteiger partial charge >= 0.3 is 0 Å². The summed E-state index contributed by atoms with van der Waals surface area (Å²) >= 11 is 1.66. The molecule has 0 N–H and O–H groups in total. The molecule has 2 aromatic heterocycles. The van der Waals surface area contributed by atoms with Gasteiger partial charge in [-0.3, -0.25) is 0 Å². The van der Waals surface area contributed by atoms with Gasteiger partial charge in [-0.1, -0.05) is 151 Å². The van der Waals surface area contributed by atoms with Crippen molar-refractivity contribution < 1.29 is 9.47 Å². The summed E-state index contributed by atoms with van der Waals surface area (Å²) in [5, 5.41) is 9.70. The van der Waals surface area contributed by atoms with E-state index >= 15 is 0 Å². The van der Waals surface area contributed by atoms with E-state index in [2.05, 4.69) is 84.6 Å². The Balaban J connectivity index is 1.02. The van der Waals surface area contributed by atoms with Gasteiger partial charge in [0.25, 0.3) is 0 Å². The number of rotatable bonds is 8. The van der Waals surface area contributed by atoms with E-state index < -0.39 is 5.60 Å². The van der Waals surface area contributed by atoms with Crippen molar-refractivity contribution in [3.63, 3.8) is 0 Å². The highest BCUT2D eigenvalue weighted by Gasteiger charge is 2.38. The summed E-state index contributed by atoms with van der Waals surface area (Å²) in [5.74, 6) is 4.76. The molecule has 0 radical (unpaired) electrons. The van der Waals surface area contributed by atoms with Gasteiger partial charge in [0, 0.05) is 44.5 Å². The first-order valence-electron chi connectivity index (χ1n) is 24.2. The molecule has 0 saturated heterocycles. The number of benzene rings is 9. The third-order valence-electron chi connectivity index (χ3n) is 13.5. The molecule has 1 unspecified atom stereocenters. The van der Waals surface area contributed by atoms with Gasteiger partial charge in [-0.15, -0.1) is 0 Å². The lowest BCUT2D eigenvalue weighted by molar-refractivity contribution is 0.129. The Morgan fingerprint density at radius 2 is 0.987 bits per heavy atom. The second kappa shape index (κ2) is 18.5. The third-order valence-corrected chi connectivity index (χ3v) is 14.6. The van der Waals surface area contributed by atoms with Crippen LogP contribution in [0.25, 0.3) is 95.4 Å². The first-order valence-corrected chi connectivity index (χ1v) is 25.0. The second-order valence-electron chi connectivity index (χ2n) is 18.2. The van der Waals surface area contributed by atoms with E-state index in [0.29, 0.717) is 68.5 Å². The maximum Gasteiger partial charge on any atom is 0.187 e. The lowest BCUT2D eigenvalue weighted by atomic mass is 9.80. The normalized spacial score (nSPS) is 13.9. The van der Waals surface area contributed by atoms with Crippen LogP contribution in [0.2, 0.25) is 0 Å². The van der Waals surface area contributed by atoms with Crippen molar-refractivity contribution in [2.75, 3.05) is 0 Å². The van der Waals surface area contributed by atoms with Gasteiger partial charge in [0.05, 0.1) is 28.0 Å². The Morgan fingerprint density at radius 3 is 1.73 bits per heavy atom. The summed E-state index contributed by atoms with van der Waals surface area (Å²) in [6.07, 6.45) is 0. The largest absolute Gasteiger partial charge is 0.477 e. The monoisotopic (exact) mass is 982 g/mol. The summed E-state index contributed by atoms with van der Waals surface area (Å²) < 4.78 is 13.6. The number of aromatic nitrogens is 6. The molecule has 9 aromatic carbocycles. The van der Waals surface area contributed by atoms with Crippen LogP contribution in [0.5, 0.6) is 17.2 Å². The Morgan fingerprint density at radius 1 is 0.440 bits per heavy atom. The fourth-order valence-electron chi connectivity index (χ4n) is 9.68. The van der Waals surface area contributed by atoms with Gasteiger partial charge in [-0.2, -0.15) is 5.26 Å². The Labute approximate surface area is 436 Å². The van der Waals surface area contributed by atoms with E-state index in [0.717, 1.165) is 71.5 Å². The lowest BCUT2D eigenvalue weighted by Gasteiger charge is -2.38. The lowest BCUT2D eigenvalue weighted by Crippen LogP contribution is -2.34. The van der Waals surface area contributed by atoms with Gasteiger partial charge in [-0.25, -0.2) is 34.7 Å².